The molecule has 0 saturated carbocycles. The number of hydrogen-bond acceptors (Lipinski definition) is 3. The van der Waals surface area contributed by atoms with Gasteiger partial charge in [-0.25, -0.2) is 0 Å². The normalized spacial score (nSPS) is 11.2. The van der Waals surface area contributed by atoms with Crippen molar-refractivity contribution in [3.05, 3.63) is 53.6 Å². The third kappa shape index (κ3) is 3.81. The van der Waals surface area contributed by atoms with Gasteiger partial charge in [0.2, 0.25) is 0 Å². The van der Waals surface area contributed by atoms with Crippen LogP contribution in [-0.4, -0.2) is 12.2 Å². The van der Waals surface area contributed by atoms with Crippen LogP contribution < -0.4 is 9.47 Å². The van der Waals surface area contributed by atoms with Gasteiger partial charge in [0.1, 0.15) is 23.9 Å². The molecular formula is C15H13F3O3. The lowest BCUT2D eigenvalue weighted by Crippen LogP contribution is -2.05. The van der Waals surface area contributed by atoms with Gasteiger partial charge in [0, 0.05) is 5.56 Å². The van der Waals surface area contributed by atoms with Crippen LogP contribution in [0.1, 0.15) is 11.1 Å². The molecule has 0 heterocycles. The number of phenolic OH excluding ortho intramolecular Hbond substituents is 1. The minimum Gasteiger partial charge on any atom is -0.508 e. The van der Waals surface area contributed by atoms with E-state index in [2.05, 4.69) is 0 Å². The van der Waals surface area contributed by atoms with Crippen molar-refractivity contribution in [2.75, 3.05) is 7.11 Å². The van der Waals surface area contributed by atoms with E-state index >= 15 is 0 Å². The Balaban J connectivity index is 2.06. The predicted octanol–water partition coefficient (Wildman–Crippen LogP) is 4.00. The fourth-order valence-electron chi connectivity index (χ4n) is 1.70. The number of aromatic hydroxyl groups is 1. The van der Waals surface area contributed by atoms with E-state index < -0.39 is 17.5 Å². The minimum atomic E-state index is -4.48. The van der Waals surface area contributed by atoms with Crippen LogP contribution >= 0.6 is 0 Å². The summed E-state index contributed by atoms with van der Waals surface area (Å²) in [6.07, 6.45) is -4.48. The molecule has 0 radical (unpaired) electrons. The quantitative estimate of drug-likeness (QED) is 0.927. The molecule has 0 spiro atoms. The van der Waals surface area contributed by atoms with E-state index in [1.165, 1.54) is 13.2 Å². The van der Waals surface area contributed by atoms with Crippen LogP contribution in [0, 0.1) is 0 Å². The predicted molar refractivity (Wildman–Crippen MR) is 70.4 cm³/mol. The Morgan fingerprint density at radius 1 is 1.00 bits per heavy atom. The van der Waals surface area contributed by atoms with Crippen molar-refractivity contribution in [1.29, 1.82) is 0 Å². The minimum absolute atomic E-state index is 0.0314. The molecule has 0 fully saturated rings. The maximum Gasteiger partial charge on any atom is 0.416 e. The summed E-state index contributed by atoms with van der Waals surface area (Å²) in [5.74, 6) is 0.744. The number of rotatable bonds is 4. The van der Waals surface area contributed by atoms with Crippen LogP contribution in [0.15, 0.2) is 42.5 Å². The molecule has 112 valence electrons. The largest absolute Gasteiger partial charge is 0.508 e. The SMILES string of the molecule is COc1ccc(OCc2ccc(C(F)(F)F)cc2O)cc1. The summed E-state index contributed by atoms with van der Waals surface area (Å²) in [5.41, 5.74) is -0.619. The summed E-state index contributed by atoms with van der Waals surface area (Å²) in [6, 6.07) is 9.52. The van der Waals surface area contributed by atoms with Crippen molar-refractivity contribution >= 4 is 0 Å². The van der Waals surface area contributed by atoms with Crippen LogP contribution in [0.3, 0.4) is 0 Å². The summed E-state index contributed by atoms with van der Waals surface area (Å²) in [7, 11) is 1.54. The van der Waals surface area contributed by atoms with Gasteiger partial charge < -0.3 is 14.6 Å². The topological polar surface area (TPSA) is 38.7 Å². The average molecular weight is 298 g/mol. The zero-order chi connectivity index (χ0) is 15.5. The van der Waals surface area contributed by atoms with Gasteiger partial charge in [0.25, 0.3) is 0 Å². The molecule has 0 aliphatic heterocycles. The second-order valence-corrected chi connectivity index (χ2v) is 4.31. The second-order valence-electron chi connectivity index (χ2n) is 4.31. The molecule has 3 nitrogen and oxygen atoms in total. The molecule has 2 aromatic carbocycles. The lowest BCUT2D eigenvalue weighted by atomic mass is 10.1. The number of benzene rings is 2. The Morgan fingerprint density at radius 3 is 2.14 bits per heavy atom. The van der Waals surface area contributed by atoms with Crippen molar-refractivity contribution in [3.63, 3.8) is 0 Å². The first kappa shape index (κ1) is 15.0. The molecule has 0 amide bonds. The maximum atomic E-state index is 12.5. The molecule has 2 rings (SSSR count). The Hall–Kier alpha value is -2.37. The molecule has 0 aliphatic rings. The number of halogens is 3. The van der Waals surface area contributed by atoms with Gasteiger partial charge in [-0.1, -0.05) is 6.07 Å². The Morgan fingerprint density at radius 2 is 1.62 bits per heavy atom. The molecule has 0 aliphatic carbocycles. The number of hydrogen-bond donors (Lipinski definition) is 1. The van der Waals surface area contributed by atoms with Gasteiger partial charge >= 0.3 is 6.18 Å². The van der Waals surface area contributed by atoms with E-state index in [1.807, 2.05) is 0 Å². The second kappa shape index (κ2) is 5.95. The van der Waals surface area contributed by atoms with E-state index in [-0.39, 0.29) is 12.2 Å². The highest BCUT2D eigenvalue weighted by atomic mass is 19.4. The van der Waals surface area contributed by atoms with Crippen LogP contribution in [0.25, 0.3) is 0 Å². The summed E-state index contributed by atoms with van der Waals surface area (Å²) in [4.78, 5) is 0. The van der Waals surface area contributed by atoms with E-state index in [1.54, 1.807) is 24.3 Å². The first-order valence-electron chi connectivity index (χ1n) is 6.06. The molecule has 0 aromatic heterocycles. The lowest BCUT2D eigenvalue weighted by Gasteiger charge is -2.11. The van der Waals surface area contributed by atoms with Gasteiger partial charge in [-0.15, -0.1) is 0 Å². The van der Waals surface area contributed by atoms with E-state index in [4.69, 9.17) is 9.47 Å². The molecule has 0 atom stereocenters. The highest BCUT2D eigenvalue weighted by molar-refractivity contribution is 5.38. The van der Waals surface area contributed by atoms with E-state index in [9.17, 15) is 18.3 Å². The first-order chi connectivity index (χ1) is 9.90. The zero-order valence-electron chi connectivity index (χ0n) is 11.1. The lowest BCUT2D eigenvalue weighted by molar-refractivity contribution is -0.137. The summed E-state index contributed by atoms with van der Waals surface area (Å²) in [6.45, 7) is -0.0314. The van der Waals surface area contributed by atoms with Gasteiger partial charge in [-0.2, -0.15) is 13.2 Å². The maximum absolute atomic E-state index is 12.5. The third-order valence-electron chi connectivity index (χ3n) is 2.87. The highest BCUT2D eigenvalue weighted by Gasteiger charge is 2.31. The fourth-order valence-corrected chi connectivity index (χ4v) is 1.70. The number of alkyl halides is 3. The standard InChI is InChI=1S/C15H13F3O3/c1-20-12-4-6-13(7-5-12)21-9-10-2-3-11(8-14(10)19)15(16,17)18/h2-8,19H,9H2,1H3. The van der Waals surface area contributed by atoms with Crippen molar-refractivity contribution in [2.24, 2.45) is 0 Å². The number of methoxy groups -OCH3 is 1. The molecule has 2 aromatic rings. The zero-order valence-corrected chi connectivity index (χ0v) is 11.1. The van der Waals surface area contributed by atoms with E-state index in [0.717, 1.165) is 6.07 Å². The van der Waals surface area contributed by atoms with Gasteiger partial charge in [-0.3, -0.25) is 0 Å². The van der Waals surface area contributed by atoms with Crippen molar-refractivity contribution < 1.29 is 27.8 Å². The summed E-state index contributed by atoms with van der Waals surface area (Å²) < 4.78 is 47.8. The van der Waals surface area contributed by atoms with Crippen LogP contribution in [0.5, 0.6) is 17.2 Å². The van der Waals surface area contributed by atoms with Crippen molar-refractivity contribution in [1.82, 2.24) is 0 Å². The molecule has 0 bridgehead atoms. The van der Waals surface area contributed by atoms with Crippen LogP contribution in [-0.2, 0) is 12.8 Å². The average Bonchev–Trinajstić information content (AvgIpc) is 2.45. The van der Waals surface area contributed by atoms with Crippen molar-refractivity contribution in [3.8, 4) is 17.2 Å². The first-order valence-corrected chi connectivity index (χ1v) is 6.06. The van der Waals surface area contributed by atoms with Crippen LogP contribution in [0.4, 0.5) is 13.2 Å². The summed E-state index contributed by atoms with van der Waals surface area (Å²) in [5, 5.41) is 9.61. The monoisotopic (exact) mass is 298 g/mol. The molecule has 0 saturated heterocycles. The molecule has 0 unspecified atom stereocenters. The van der Waals surface area contributed by atoms with Gasteiger partial charge in [-0.05, 0) is 36.4 Å². The number of phenols is 1. The molecule has 21 heavy (non-hydrogen) atoms. The Bertz CT molecular complexity index is 607. The van der Waals surface area contributed by atoms with Crippen LogP contribution in [0.2, 0.25) is 0 Å². The molecule has 1 N–H and O–H groups in total. The Labute approximate surface area is 119 Å². The van der Waals surface area contributed by atoms with Gasteiger partial charge in [0.15, 0.2) is 0 Å². The summed E-state index contributed by atoms with van der Waals surface area (Å²) >= 11 is 0. The highest BCUT2D eigenvalue weighted by Crippen LogP contribution is 2.33. The van der Waals surface area contributed by atoms with Crippen molar-refractivity contribution in [2.45, 2.75) is 12.8 Å². The third-order valence-corrected chi connectivity index (χ3v) is 2.87. The fraction of sp³-hybridized carbons (Fsp3) is 0.200. The number of ether oxygens (including phenoxy) is 2. The molecular weight excluding hydrogens is 285 g/mol. The van der Waals surface area contributed by atoms with E-state index in [0.29, 0.717) is 17.6 Å². The Kier molecular flexibility index (Phi) is 4.26. The molecule has 6 heteroatoms. The van der Waals surface area contributed by atoms with Gasteiger partial charge in [0.05, 0.1) is 12.7 Å². The smallest absolute Gasteiger partial charge is 0.416 e.